The van der Waals surface area contributed by atoms with Crippen LogP contribution in [0, 0.1) is 5.92 Å². The van der Waals surface area contributed by atoms with Crippen LogP contribution in [0.5, 0.6) is 5.75 Å². The molecule has 1 fully saturated rings. The van der Waals surface area contributed by atoms with Gasteiger partial charge in [0.15, 0.2) is 0 Å². The summed E-state index contributed by atoms with van der Waals surface area (Å²) in [5, 5.41) is 2.82. The predicted molar refractivity (Wildman–Crippen MR) is 135 cm³/mol. The maximum Gasteiger partial charge on any atom is 0.416 e. The summed E-state index contributed by atoms with van der Waals surface area (Å²) in [5.41, 5.74) is 1.13. The fraction of sp³-hybridized carbons (Fsp3) is 0.519. The third kappa shape index (κ3) is 8.43. The molecule has 3 rings (SSSR count). The molecule has 35 heavy (non-hydrogen) atoms. The SMILES string of the molecule is CCCCCN1CC[C@H](c2ccc(C(=O)NCC)cc2)[C@@H](COc2ccc(C(F)(F)F)cc2)C1.Cl. The third-order valence-corrected chi connectivity index (χ3v) is 6.48. The second kappa shape index (κ2) is 13.7. The summed E-state index contributed by atoms with van der Waals surface area (Å²) in [4.78, 5) is 14.6. The number of amides is 1. The molecule has 0 radical (unpaired) electrons. The molecule has 0 saturated carbocycles. The van der Waals surface area contributed by atoms with E-state index >= 15 is 0 Å². The van der Waals surface area contributed by atoms with E-state index in [0.29, 0.717) is 24.5 Å². The van der Waals surface area contributed by atoms with Crippen molar-refractivity contribution < 1.29 is 22.7 Å². The number of likely N-dealkylation sites (tertiary alicyclic amines) is 1. The van der Waals surface area contributed by atoms with Crippen molar-refractivity contribution in [3.8, 4) is 5.75 Å². The molecular weight excluding hydrogens is 477 g/mol. The van der Waals surface area contributed by atoms with E-state index in [0.717, 1.165) is 44.6 Å². The number of carbonyl (C=O) groups is 1. The highest BCUT2D eigenvalue weighted by molar-refractivity contribution is 5.94. The Kier molecular flexibility index (Phi) is 11.4. The first-order valence-corrected chi connectivity index (χ1v) is 12.2. The van der Waals surface area contributed by atoms with Gasteiger partial charge in [-0.2, -0.15) is 13.2 Å². The zero-order valence-electron chi connectivity index (χ0n) is 20.4. The number of rotatable bonds is 10. The monoisotopic (exact) mass is 512 g/mol. The molecule has 0 spiro atoms. The average molecular weight is 513 g/mol. The number of hydrogen-bond donors (Lipinski definition) is 1. The van der Waals surface area contributed by atoms with Gasteiger partial charge in [0.05, 0.1) is 12.2 Å². The molecular formula is C27H36ClF3N2O2. The fourth-order valence-corrected chi connectivity index (χ4v) is 4.59. The number of hydrogen-bond acceptors (Lipinski definition) is 3. The van der Waals surface area contributed by atoms with E-state index in [2.05, 4.69) is 17.1 Å². The molecule has 1 N–H and O–H groups in total. The summed E-state index contributed by atoms with van der Waals surface area (Å²) in [6.45, 7) is 8.03. The van der Waals surface area contributed by atoms with Crippen LogP contribution in [0.4, 0.5) is 13.2 Å². The van der Waals surface area contributed by atoms with Crippen molar-refractivity contribution in [3.63, 3.8) is 0 Å². The predicted octanol–water partition coefficient (Wildman–Crippen LogP) is 6.55. The highest BCUT2D eigenvalue weighted by Crippen LogP contribution is 2.35. The van der Waals surface area contributed by atoms with E-state index in [4.69, 9.17) is 4.74 Å². The zero-order valence-corrected chi connectivity index (χ0v) is 21.3. The topological polar surface area (TPSA) is 41.6 Å². The summed E-state index contributed by atoms with van der Waals surface area (Å²) >= 11 is 0. The smallest absolute Gasteiger partial charge is 0.416 e. The molecule has 2 aromatic carbocycles. The minimum atomic E-state index is -4.35. The summed E-state index contributed by atoms with van der Waals surface area (Å²) in [7, 11) is 0. The summed E-state index contributed by atoms with van der Waals surface area (Å²) in [6.07, 6.45) is 0.164. The Bertz CT molecular complexity index is 904. The van der Waals surface area contributed by atoms with Crippen molar-refractivity contribution in [3.05, 3.63) is 65.2 Å². The van der Waals surface area contributed by atoms with E-state index in [9.17, 15) is 18.0 Å². The molecule has 194 valence electrons. The van der Waals surface area contributed by atoms with Crippen LogP contribution in [0.3, 0.4) is 0 Å². The van der Waals surface area contributed by atoms with Crippen molar-refractivity contribution >= 4 is 18.3 Å². The largest absolute Gasteiger partial charge is 0.493 e. The highest BCUT2D eigenvalue weighted by atomic mass is 35.5. The Labute approximate surface area is 212 Å². The number of carbonyl (C=O) groups excluding carboxylic acids is 1. The lowest BCUT2D eigenvalue weighted by Crippen LogP contribution is -2.42. The number of unbranched alkanes of at least 4 members (excludes halogenated alkanes) is 2. The van der Waals surface area contributed by atoms with Crippen LogP contribution in [0.15, 0.2) is 48.5 Å². The maximum atomic E-state index is 12.9. The van der Waals surface area contributed by atoms with Crippen LogP contribution < -0.4 is 10.1 Å². The molecule has 2 aromatic rings. The Morgan fingerprint density at radius 2 is 1.74 bits per heavy atom. The van der Waals surface area contributed by atoms with E-state index in [1.165, 1.54) is 30.5 Å². The quantitative estimate of drug-likeness (QED) is 0.367. The number of halogens is 4. The minimum Gasteiger partial charge on any atom is -0.493 e. The summed E-state index contributed by atoms with van der Waals surface area (Å²) < 4.78 is 44.5. The van der Waals surface area contributed by atoms with Gasteiger partial charge in [-0.3, -0.25) is 4.79 Å². The number of piperidine rings is 1. The van der Waals surface area contributed by atoms with Crippen molar-refractivity contribution in [2.75, 3.05) is 32.8 Å². The molecule has 1 aliphatic rings. The number of benzene rings is 2. The minimum absolute atomic E-state index is 0. The number of nitrogens with one attached hydrogen (secondary N) is 1. The first kappa shape index (κ1) is 29.0. The van der Waals surface area contributed by atoms with Gasteiger partial charge in [-0.05, 0) is 80.7 Å². The maximum absolute atomic E-state index is 12.9. The Hall–Kier alpha value is -2.25. The lowest BCUT2D eigenvalue weighted by atomic mass is 9.80. The summed E-state index contributed by atoms with van der Waals surface area (Å²) in [5.74, 6) is 0.830. The first-order valence-electron chi connectivity index (χ1n) is 12.2. The van der Waals surface area contributed by atoms with E-state index < -0.39 is 11.7 Å². The molecule has 0 bridgehead atoms. The van der Waals surface area contributed by atoms with Crippen LogP contribution in [-0.2, 0) is 6.18 Å². The lowest BCUT2D eigenvalue weighted by Gasteiger charge is -2.39. The van der Waals surface area contributed by atoms with Gasteiger partial charge >= 0.3 is 6.18 Å². The van der Waals surface area contributed by atoms with Crippen LogP contribution in [-0.4, -0.2) is 43.6 Å². The van der Waals surface area contributed by atoms with Crippen molar-refractivity contribution in [1.82, 2.24) is 10.2 Å². The number of ether oxygens (including phenoxy) is 1. The van der Waals surface area contributed by atoms with Crippen LogP contribution in [0.1, 0.15) is 66.9 Å². The van der Waals surface area contributed by atoms with Crippen molar-refractivity contribution in [2.24, 2.45) is 5.92 Å². The molecule has 1 saturated heterocycles. The van der Waals surface area contributed by atoms with Crippen LogP contribution >= 0.6 is 12.4 Å². The molecule has 1 amide bonds. The molecule has 2 atom stereocenters. The van der Waals surface area contributed by atoms with Crippen molar-refractivity contribution in [2.45, 2.75) is 51.6 Å². The normalized spacial score (nSPS) is 18.5. The second-order valence-corrected chi connectivity index (χ2v) is 8.98. The van der Waals surface area contributed by atoms with Gasteiger partial charge in [-0.25, -0.2) is 0 Å². The highest BCUT2D eigenvalue weighted by Gasteiger charge is 2.32. The molecule has 0 unspecified atom stereocenters. The van der Waals surface area contributed by atoms with Gasteiger partial charge < -0.3 is 15.0 Å². The molecule has 1 aliphatic heterocycles. The van der Waals surface area contributed by atoms with Gasteiger partial charge in [-0.1, -0.05) is 31.9 Å². The van der Waals surface area contributed by atoms with E-state index in [1.807, 2.05) is 31.2 Å². The summed E-state index contributed by atoms with van der Waals surface area (Å²) in [6, 6.07) is 12.7. The number of nitrogens with zero attached hydrogens (tertiary/aromatic N) is 1. The van der Waals surface area contributed by atoms with Gasteiger partial charge in [0.25, 0.3) is 5.91 Å². The van der Waals surface area contributed by atoms with Crippen LogP contribution in [0.2, 0.25) is 0 Å². The van der Waals surface area contributed by atoms with Gasteiger partial charge in [0.2, 0.25) is 0 Å². The van der Waals surface area contributed by atoms with Gasteiger partial charge in [0.1, 0.15) is 5.75 Å². The molecule has 4 nitrogen and oxygen atoms in total. The Morgan fingerprint density at radius 1 is 1.06 bits per heavy atom. The molecule has 0 aliphatic carbocycles. The lowest BCUT2D eigenvalue weighted by molar-refractivity contribution is -0.137. The average Bonchev–Trinajstić information content (AvgIpc) is 2.83. The molecule has 1 heterocycles. The van der Waals surface area contributed by atoms with E-state index in [-0.39, 0.29) is 30.2 Å². The fourth-order valence-electron chi connectivity index (χ4n) is 4.59. The third-order valence-electron chi connectivity index (χ3n) is 6.48. The van der Waals surface area contributed by atoms with Crippen molar-refractivity contribution in [1.29, 1.82) is 0 Å². The standard InChI is InChI=1S/C27H35F3N2O2.ClH/c1-3-5-6-16-32-17-15-25(20-7-9-21(10-8-20)26(33)31-4-2)22(18-32)19-34-24-13-11-23(12-14-24)27(28,29)30;/h7-14,22,25H,3-6,15-19H2,1-2H3,(H,31,33);1H/t22-,25-;/m1./s1. The Balaban J connectivity index is 0.00000432. The Morgan fingerprint density at radius 3 is 2.34 bits per heavy atom. The molecule has 8 heteroatoms. The van der Waals surface area contributed by atoms with Crippen LogP contribution in [0.25, 0.3) is 0 Å². The molecule has 0 aromatic heterocycles. The van der Waals surface area contributed by atoms with E-state index in [1.54, 1.807) is 0 Å². The van der Waals surface area contributed by atoms with Gasteiger partial charge in [-0.15, -0.1) is 12.4 Å². The zero-order chi connectivity index (χ0) is 24.6. The first-order chi connectivity index (χ1) is 16.3. The second-order valence-electron chi connectivity index (χ2n) is 8.98. The number of alkyl halides is 3. The van der Waals surface area contributed by atoms with Gasteiger partial charge in [0, 0.05) is 24.6 Å².